The predicted octanol–water partition coefficient (Wildman–Crippen LogP) is 4.87. The van der Waals surface area contributed by atoms with Crippen LogP contribution in [0.3, 0.4) is 0 Å². The van der Waals surface area contributed by atoms with Gasteiger partial charge < -0.3 is 57.8 Å². The summed E-state index contributed by atoms with van der Waals surface area (Å²) in [6.07, 6.45) is 2.60. The fourth-order valence-corrected chi connectivity index (χ4v) is 6.18. The Hall–Kier alpha value is -4.96. The van der Waals surface area contributed by atoms with E-state index in [2.05, 4.69) is 4.98 Å². The van der Waals surface area contributed by atoms with Crippen molar-refractivity contribution in [2.75, 3.05) is 126 Å². The minimum Gasteiger partial charge on any atom is -0.478 e. The van der Waals surface area contributed by atoms with Gasteiger partial charge in [0.15, 0.2) is 10.4 Å². The number of nitrogens with one attached hydrogen (secondary N) is 1. The molecule has 0 aliphatic rings. The molecule has 0 aliphatic heterocycles. The topological polar surface area (TPSA) is 196 Å². The van der Waals surface area contributed by atoms with Crippen LogP contribution in [0.15, 0.2) is 95.8 Å². The maximum absolute atomic E-state index is 13.6. The van der Waals surface area contributed by atoms with Gasteiger partial charge in [-0.25, -0.2) is 9.78 Å². The first-order valence-corrected chi connectivity index (χ1v) is 21.9. The Morgan fingerprint density at radius 3 is 1.45 bits per heavy atom. The number of carboxylic acids is 1. The molecular formula is C47H62N4O13S. The van der Waals surface area contributed by atoms with E-state index in [1.165, 1.54) is 6.08 Å². The number of carbonyl (C=O) groups is 1. The summed E-state index contributed by atoms with van der Waals surface area (Å²) in [5.41, 5.74) is 4.16. The number of aromatic nitrogens is 4. The molecule has 17 nitrogen and oxygen atoms in total. The van der Waals surface area contributed by atoms with Crippen molar-refractivity contribution in [1.82, 2.24) is 19.1 Å². The number of rotatable bonds is 33. The molecule has 354 valence electrons. The summed E-state index contributed by atoms with van der Waals surface area (Å²) >= 11 is 5.81. The summed E-state index contributed by atoms with van der Waals surface area (Å²) in [5.74, 6) is -0.477. The Bertz CT molecular complexity index is 2160. The summed E-state index contributed by atoms with van der Waals surface area (Å²) in [6.45, 7) is 9.72. The zero-order chi connectivity index (χ0) is 46.2. The average Bonchev–Trinajstić information content (AvgIpc) is 3.78. The molecule has 0 unspecified atom stereocenters. The SMILES string of the molecule is COCCOCCOCCOCCOCCOCCOCCOCCOCCO.O=C(O)/C=C/c1ccc(-c2nc3c([nH]2)c(=O)n(Cc2ccccc2)c(=S)n3Cc2ccccc2)cc1. The number of aromatic amines is 1. The number of ether oxygens (including phenoxy) is 9. The first kappa shape index (κ1) is 52.7. The van der Waals surface area contributed by atoms with Gasteiger partial charge in [0, 0.05) is 18.7 Å². The number of aliphatic hydroxyl groups is 1. The second kappa shape index (κ2) is 32.7. The van der Waals surface area contributed by atoms with E-state index in [9.17, 15) is 9.59 Å². The monoisotopic (exact) mass is 922 g/mol. The van der Waals surface area contributed by atoms with Gasteiger partial charge in [-0.1, -0.05) is 84.9 Å². The van der Waals surface area contributed by atoms with Crippen LogP contribution in [0, 0.1) is 4.77 Å². The fourth-order valence-electron chi connectivity index (χ4n) is 5.89. The maximum atomic E-state index is 13.6. The first-order chi connectivity index (χ1) is 31.9. The lowest BCUT2D eigenvalue weighted by atomic mass is 10.1. The van der Waals surface area contributed by atoms with E-state index in [4.69, 9.17) is 70.0 Å². The zero-order valence-corrected chi connectivity index (χ0v) is 37.8. The third kappa shape index (κ3) is 20.8. The predicted molar refractivity (Wildman–Crippen MR) is 248 cm³/mol. The smallest absolute Gasteiger partial charge is 0.328 e. The molecule has 2 heterocycles. The number of aliphatic hydroxyl groups excluding tert-OH is 1. The lowest BCUT2D eigenvalue weighted by Gasteiger charge is -2.13. The van der Waals surface area contributed by atoms with Crippen LogP contribution in [0.25, 0.3) is 28.6 Å². The molecular weight excluding hydrogens is 861 g/mol. The van der Waals surface area contributed by atoms with Gasteiger partial charge in [-0.3, -0.25) is 13.9 Å². The molecule has 0 atom stereocenters. The van der Waals surface area contributed by atoms with E-state index >= 15 is 0 Å². The second-order valence-corrected chi connectivity index (χ2v) is 14.3. The van der Waals surface area contributed by atoms with E-state index in [1.54, 1.807) is 23.8 Å². The van der Waals surface area contributed by atoms with Crippen LogP contribution >= 0.6 is 12.2 Å². The number of fused-ring (bicyclic) bond motifs is 1. The summed E-state index contributed by atoms with van der Waals surface area (Å²) in [6, 6.07) is 26.9. The van der Waals surface area contributed by atoms with Crippen LogP contribution in [0.2, 0.25) is 0 Å². The molecule has 2 aromatic heterocycles. The van der Waals surface area contributed by atoms with E-state index in [0.29, 0.717) is 147 Å². The van der Waals surface area contributed by atoms with Gasteiger partial charge in [0.25, 0.3) is 5.56 Å². The molecule has 0 saturated carbocycles. The molecule has 3 N–H and O–H groups in total. The summed E-state index contributed by atoms with van der Waals surface area (Å²) in [7, 11) is 1.64. The number of hydrogen-bond acceptors (Lipinski definition) is 14. The summed E-state index contributed by atoms with van der Waals surface area (Å²) in [5, 5.41) is 17.4. The van der Waals surface area contributed by atoms with Crippen molar-refractivity contribution in [3.05, 3.63) is 123 Å². The minimum atomic E-state index is -1.01. The van der Waals surface area contributed by atoms with Crippen LogP contribution in [0.5, 0.6) is 0 Å². The molecule has 65 heavy (non-hydrogen) atoms. The quantitative estimate of drug-likeness (QED) is 0.0293. The highest BCUT2D eigenvalue weighted by atomic mass is 32.1. The van der Waals surface area contributed by atoms with Crippen molar-refractivity contribution in [1.29, 1.82) is 0 Å². The Kier molecular flexibility index (Phi) is 26.5. The summed E-state index contributed by atoms with van der Waals surface area (Å²) < 4.78 is 51.3. The largest absolute Gasteiger partial charge is 0.478 e. The highest BCUT2D eigenvalue weighted by Crippen LogP contribution is 2.21. The van der Waals surface area contributed by atoms with E-state index in [0.717, 1.165) is 28.3 Å². The van der Waals surface area contributed by atoms with Gasteiger partial charge >= 0.3 is 5.97 Å². The van der Waals surface area contributed by atoms with Gasteiger partial charge in [0.2, 0.25) is 0 Å². The Morgan fingerprint density at radius 2 is 1.03 bits per heavy atom. The highest BCUT2D eigenvalue weighted by molar-refractivity contribution is 7.71. The van der Waals surface area contributed by atoms with Gasteiger partial charge in [-0.05, 0) is 35.0 Å². The highest BCUT2D eigenvalue weighted by Gasteiger charge is 2.17. The first-order valence-electron chi connectivity index (χ1n) is 21.5. The number of aliphatic carboxylic acids is 1. The molecule has 3 aromatic carbocycles. The molecule has 0 bridgehead atoms. The zero-order valence-electron chi connectivity index (χ0n) is 37.0. The van der Waals surface area contributed by atoms with Crippen molar-refractivity contribution in [2.24, 2.45) is 0 Å². The molecule has 0 fully saturated rings. The number of carboxylic acid groups (broad SMARTS) is 1. The van der Waals surface area contributed by atoms with E-state index in [1.807, 2.05) is 77.4 Å². The molecule has 0 radical (unpaired) electrons. The average molecular weight is 923 g/mol. The number of nitrogens with zero attached hydrogens (tertiary/aromatic N) is 3. The van der Waals surface area contributed by atoms with Crippen molar-refractivity contribution in [3.63, 3.8) is 0 Å². The Labute approximate surface area is 384 Å². The molecule has 0 amide bonds. The van der Waals surface area contributed by atoms with Crippen molar-refractivity contribution < 1.29 is 57.6 Å². The van der Waals surface area contributed by atoms with Crippen molar-refractivity contribution in [3.8, 4) is 11.4 Å². The van der Waals surface area contributed by atoms with Crippen LogP contribution < -0.4 is 5.56 Å². The van der Waals surface area contributed by atoms with Crippen LogP contribution in [-0.4, -0.2) is 161 Å². The Balaban J connectivity index is 0.000000293. The molecule has 0 saturated heterocycles. The van der Waals surface area contributed by atoms with E-state index in [-0.39, 0.29) is 12.2 Å². The van der Waals surface area contributed by atoms with Crippen molar-refractivity contribution >= 4 is 35.4 Å². The third-order valence-electron chi connectivity index (χ3n) is 9.10. The normalized spacial score (nSPS) is 11.4. The van der Waals surface area contributed by atoms with Gasteiger partial charge in [-0.15, -0.1) is 0 Å². The molecule has 0 spiro atoms. The molecule has 0 aliphatic carbocycles. The number of imidazole rings is 1. The van der Waals surface area contributed by atoms with Gasteiger partial charge in [0.1, 0.15) is 11.3 Å². The van der Waals surface area contributed by atoms with Crippen LogP contribution in [-0.2, 0) is 60.5 Å². The molecule has 5 aromatic rings. The van der Waals surface area contributed by atoms with Crippen molar-refractivity contribution in [2.45, 2.75) is 13.1 Å². The van der Waals surface area contributed by atoms with Gasteiger partial charge in [-0.2, -0.15) is 0 Å². The lowest BCUT2D eigenvalue weighted by molar-refractivity contribution is -0.131. The molecule has 18 heteroatoms. The van der Waals surface area contributed by atoms with Gasteiger partial charge in [0.05, 0.1) is 132 Å². The van der Waals surface area contributed by atoms with Crippen LogP contribution in [0.1, 0.15) is 16.7 Å². The van der Waals surface area contributed by atoms with Crippen LogP contribution in [0.4, 0.5) is 0 Å². The lowest BCUT2D eigenvalue weighted by Crippen LogP contribution is -2.26. The standard InChI is InChI=1S/C28H22N4O3S.C19H40O10/c33-23(34)16-13-19-11-14-22(15-12-19)25-29-24-26(30-25)31(17-20-7-3-1-4-8-20)28(36)32(27(24)35)18-21-9-5-2-6-10-21;1-21-4-5-23-8-9-25-12-13-27-16-17-29-19-18-28-15-14-26-11-10-24-7-6-22-3-2-20/h1-16H,17-18H2,(H,29,30)(H,33,34);20H,2-19H2,1H3/b16-13+;. The Morgan fingerprint density at radius 1 is 0.615 bits per heavy atom. The van der Waals surface area contributed by atoms with E-state index < -0.39 is 5.97 Å². The number of hydrogen-bond donors (Lipinski definition) is 3. The number of methoxy groups -OCH3 is 1. The fraction of sp³-hybridized carbons (Fsp3) is 0.447. The maximum Gasteiger partial charge on any atom is 0.328 e. The second-order valence-electron chi connectivity index (χ2n) is 13.9. The minimum absolute atomic E-state index is 0.0322. The summed E-state index contributed by atoms with van der Waals surface area (Å²) in [4.78, 5) is 32.3. The number of H-pyrrole nitrogens is 1. The third-order valence-corrected chi connectivity index (χ3v) is 9.54. The number of benzene rings is 3. The molecule has 5 rings (SSSR count).